The number of ether oxygens (including phenoxy) is 2. The molecule has 116 valence electrons. The fraction of sp³-hybridized carbons (Fsp3) is 0.105. The van der Waals surface area contributed by atoms with Gasteiger partial charge in [-0.3, -0.25) is 0 Å². The van der Waals surface area contributed by atoms with Crippen molar-refractivity contribution in [1.82, 2.24) is 0 Å². The van der Waals surface area contributed by atoms with Crippen LogP contribution in [0.15, 0.2) is 60.7 Å². The third-order valence-electron chi connectivity index (χ3n) is 3.63. The second-order valence-corrected chi connectivity index (χ2v) is 5.11. The number of hydrogen-bond acceptors (Lipinski definition) is 3. The summed E-state index contributed by atoms with van der Waals surface area (Å²) < 4.78 is 11.1. The molecule has 4 nitrogen and oxygen atoms in total. The van der Waals surface area contributed by atoms with Crippen molar-refractivity contribution < 1.29 is 19.4 Å². The van der Waals surface area contributed by atoms with Gasteiger partial charge in [0.25, 0.3) is 0 Å². The maximum atomic E-state index is 11.3. The molecule has 0 saturated carbocycles. The molecule has 0 unspecified atom stereocenters. The van der Waals surface area contributed by atoms with E-state index < -0.39 is 5.97 Å². The fourth-order valence-electron chi connectivity index (χ4n) is 2.47. The van der Waals surface area contributed by atoms with E-state index in [9.17, 15) is 9.90 Å². The van der Waals surface area contributed by atoms with Gasteiger partial charge in [0.05, 0.1) is 7.11 Å². The van der Waals surface area contributed by atoms with Crippen LogP contribution in [0.4, 0.5) is 0 Å². The minimum absolute atomic E-state index is 0.139. The van der Waals surface area contributed by atoms with Crippen LogP contribution >= 0.6 is 0 Å². The average molecular weight is 308 g/mol. The van der Waals surface area contributed by atoms with E-state index in [1.54, 1.807) is 12.1 Å². The number of carboxylic acid groups (broad SMARTS) is 1. The molecule has 0 heterocycles. The second kappa shape index (κ2) is 6.40. The lowest BCUT2D eigenvalue weighted by Gasteiger charge is -2.12. The monoisotopic (exact) mass is 308 g/mol. The Labute approximate surface area is 133 Å². The summed E-state index contributed by atoms with van der Waals surface area (Å²) in [7, 11) is 1.46. The van der Waals surface area contributed by atoms with Crippen LogP contribution in [0, 0.1) is 0 Å². The molecule has 3 aromatic rings. The molecule has 0 aliphatic rings. The maximum Gasteiger partial charge on any atom is 0.339 e. The standard InChI is InChI=1S/C19H16O4/c1-22-18-11-15-14(10-16(18)19(20)21)8-5-9-17(15)23-12-13-6-3-2-4-7-13/h2-11H,12H2,1H3,(H,20,21). The maximum absolute atomic E-state index is 11.3. The van der Waals surface area contributed by atoms with E-state index in [-0.39, 0.29) is 5.56 Å². The van der Waals surface area contributed by atoms with Crippen LogP contribution in [-0.4, -0.2) is 18.2 Å². The molecule has 0 bridgehead atoms. The van der Waals surface area contributed by atoms with E-state index >= 15 is 0 Å². The van der Waals surface area contributed by atoms with Gasteiger partial charge in [-0.2, -0.15) is 0 Å². The van der Waals surface area contributed by atoms with Crippen molar-refractivity contribution in [3.05, 3.63) is 71.8 Å². The van der Waals surface area contributed by atoms with Gasteiger partial charge in [-0.15, -0.1) is 0 Å². The molecule has 0 fully saturated rings. The Bertz CT molecular complexity index is 841. The average Bonchev–Trinajstić information content (AvgIpc) is 2.59. The normalized spacial score (nSPS) is 10.5. The third-order valence-corrected chi connectivity index (χ3v) is 3.63. The van der Waals surface area contributed by atoms with Crippen molar-refractivity contribution in [2.24, 2.45) is 0 Å². The van der Waals surface area contributed by atoms with E-state index in [1.807, 2.05) is 48.5 Å². The van der Waals surface area contributed by atoms with Crippen LogP contribution in [0.3, 0.4) is 0 Å². The molecule has 23 heavy (non-hydrogen) atoms. The number of carbonyl (C=O) groups is 1. The molecule has 4 heteroatoms. The van der Waals surface area contributed by atoms with E-state index in [0.29, 0.717) is 18.1 Å². The highest BCUT2D eigenvalue weighted by Crippen LogP contribution is 2.32. The number of fused-ring (bicyclic) bond motifs is 1. The summed E-state index contributed by atoms with van der Waals surface area (Å²) in [6.45, 7) is 0.447. The highest BCUT2D eigenvalue weighted by Gasteiger charge is 2.14. The fourth-order valence-corrected chi connectivity index (χ4v) is 2.47. The Hall–Kier alpha value is -3.01. The van der Waals surface area contributed by atoms with Gasteiger partial charge in [0.1, 0.15) is 23.7 Å². The third kappa shape index (κ3) is 3.11. The summed E-state index contributed by atoms with van der Waals surface area (Å²) in [6.07, 6.45) is 0. The summed E-state index contributed by atoms with van der Waals surface area (Å²) in [5, 5.41) is 10.9. The van der Waals surface area contributed by atoms with Gasteiger partial charge >= 0.3 is 5.97 Å². The molecule has 0 spiro atoms. The van der Waals surface area contributed by atoms with Gasteiger partial charge in [-0.25, -0.2) is 4.79 Å². The minimum atomic E-state index is -1.01. The van der Waals surface area contributed by atoms with Crippen LogP contribution in [0.25, 0.3) is 10.8 Å². The molecular weight excluding hydrogens is 292 g/mol. The number of rotatable bonds is 5. The quantitative estimate of drug-likeness (QED) is 0.770. The zero-order valence-corrected chi connectivity index (χ0v) is 12.7. The van der Waals surface area contributed by atoms with Crippen molar-refractivity contribution >= 4 is 16.7 Å². The summed E-state index contributed by atoms with van der Waals surface area (Å²) >= 11 is 0. The largest absolute Gasteiger partial charge is 0.496 e. The second-order valence-electron chi connectivity index (χ2n) is 5.11. The van der Waals surface area contributed by atoms with Crippen LogP contribution < -0.4 is 9.47 Å². The molecule has 1 N–H and O–H groups in total. The first-order valence-corrected chi connectivity index (χ1v) is 7.20. The first-order chi connectivity index (χ1) is 11.2. The lowest BCUT2D eigenvalue weighted by Crippen LogP contribution is -2.01. The minimum Gasteiger partial charge on any atom is -0.496 e. The summed E-state index contributed by atoms with van der Waals surface area (Å²) in [5.41, 5.74) is 1.21. The van der Waals surface area contributed by atoms with Crippen molar-refractivity contribution in [3.63, 3.8) is 0 Å². The van der Waals surface area contributed by atoms with Crippen molar-refractivity contribution in [2.75, 3.05) is 7.11 Å². The molecular formula is C19H16O4. The SMILES string of the molecule is COc1cc2c(OCc3ccccc3)cccc2cc1C(=O)O. The topological polar surface area (TPSA) is 55.8 Å². The van der Waals surface area contributed by atoms with E-state index in [0.717, 1.165) is 16.3 Å². The Morgan fingerprint density at radius 2 is 1.78 bits per heavy atom. The number of methoxy groups -OCH3 is 1. The smallest absolute Gasteiger partial charge is 0.339 e. The molecule has 0 atom stereocenters. The summed E-state index contributed by atoms with van der Waals surface area (Å²) in [6, 6.07) is 18.8. The number of hydrogen-bond donors (Lipinski definition) is 1. The number of carboxylic acids is 1. The number of benzene rings is 3. The van der Waals surface area contributed by atoms with E-state index in [4.69, 9.17) is 9.47 Å². The molecule has 0 aliphatic heterocycles. The highest BCUT2D eigenvalue weighted by molar-refractivity contribution is 5.99. The molecule has 3 rings (SSSR count). The highest BCUT2D eigenvalue weighted by atomic mass is 16.5. The van der Waals surface area contributed by atoms with Crippen LogP contribution in [-0.2, 0) is 6.61 Å². The molecule has 0 aromatic heterocycles. The van der Waals surface area contributed by atoms with Gasteiger partial charge in [-0.05, 0) is 29.1 Å². The molecule has 0 saturated heterocycles. The van der Waals surface area contributed by atoms with Crippen LogP contribution in [0.2, 0.25) is 0 Å². The zero-order valence-electron chi connectivity index (χ0n) is 12.7. The molecule has 0 aliphatic carbocycles. The van der Waals surface area contributed by atoms with Crippen LogP contribution in [0.5, 0.6) is 11.5 Å². The first-order valence-electron chi connectivity index (χ1n) is 7.20. The molecule has 0 radical (unpaired) electrons. The molecule has 0 amide bonds. The van der Waals surface area contributed by atoms with Gasteiger partial charge in [0.15, 0.2) is 0 Å². The lowest BCUT2D eigenvalue weighted by molar-refractivity contribution is 0.0693. The predicted molar refractivity (Wildman–Crippen MR) is 88.2 cm³/mol. The van der Waals surface area contributed by atoms with Gasteiger partial charge in [0, 0.05) is 5.39 Å². The Morgan fingerprint density at radius 1 is 1.00 bits per heavy atom. The zero-order chi connectivity index (χ0) is 16.2. The first kappa shape index (κ1) is 14.9. The molecule has 3 aromatic carbocycles. The van der Waals surface area contributed by atoms with Crippen molar-refractivity contribution in [2.45, 2.75) is 6.61 Å². The van der Waals surface area contributed by atoms with E-state index in [1.165, 1.54) is 7.11 Å². The predicted octanol–water partition coefficient (Wildman–Crippen LogP) is 4.13. The Kier molecular flexibility index (Phi) is 4.15. The van der Waals surface area contributed by atoms with Crippen LogP contribution in [0.1, 0.15) is 15.9 Å². The van der Waals surface area contributed by atoms with Gasteiger partial charge in [-0.1, -0.05) is 42.5 Å². The van der Waals surface area contributed by atoms with Crippen molar-refractivity contribution in [3.8, 4) is 11.5 Å². The van der Waals surface area contributed by atoms with Gasteiger partial charge in [0.2, 0.25) is 0 Å². The Balaban J connectivity index is 1.99. The van der Waals surface area contributed by atoms with E-state index in [2.05, 4.69) is 0 Å². The van der Waals surface area contributed by atoms with Gasteiger partial charge < -0.3 is 14.6 Å². The Morgan fingerprint density at radius 3 is 2.48 bits per heavy atom. The lowest BCUT2D eigenvalue weighted by atomic mass is 10.0. The summed E-state index contributed by atoms with van der Waals surface area (Å²) in [5.74, 6) is 0.00158. The van der Waals surface area contributed by atoms with Crippen molar-refractivity contribution in [1.29, 1.82) is 0 Å². The summed E-state index contributed by atoms with van der Waals surface area (Å²) in [4.78, 5) is 11.3. The number of aromatic carboxylic acids is 1.